The van der Waals surface area contributed by atoms with Gasteiger partial charge in [0.05, 0.1) is 12.6 Å². The van der Waals surface area contributed by atoms with Crippen LogP contribution >= 0.6 is 0 Å². The molecule has 0 spiro atoms. The van der Waals surface area contributed by atoms with Crippen LogP contribution in [0.2, 0.25) is 0 Å². The Morgan fingerprint density at radius 2 is 2.06 bits per heavy atom. The average molecular weight is 224 g/mol. The summed E-state index contributed by atoms with van der Waals surface area (Å²) in [6.07, 6.45) is 5.82. The molecule has 1 atom stereocenters. The molecule has 1 aliphatic rings. The van der Waals surface area contributed by atoms with E-state index in [9.17, 15) is 4.79 Å². The van der Waals surface area contributed by atoms with E-state index in [1.165, 1.54) is 0 Å². The van der Waals surface area contributed by atoms with Crippen LogP contribution in [0.3, 0.4) is 0 Å². The summed E-state index contributed by atoms with van der Waals surface area (Å²) in [4.78, 5) is 15.7. The zero-order valence-electron chi connectivity index (χ0n) is 9.85. The SMILES string of the molecule is C#CCN1CCN(C(=O)CCC(C)O)CC1. The van der Waals surface area contributed by atoms with Crippen LogP contribution in [0.5, 0.6) is 0 Å². The predicted octanol–water partition coefficient (Wildman–Crippen LogP) is -0.0752. The van der Waals surface area contributed by atoms with Gasteiger partial charge < -0.3 is 10.0 Å². The molecule has 4 nitrogen and oxygen atoms in total. The van der Waals surface area contributed by atoms with E-state index in [2.05, 4.69) is 10.8 Å². The molecule has 1 heterocycles. The number of aliphatic hydroxyl groups excluding tert-OH is 1. The molecule has 0 aromatic heterocycles. The lowest BCUT2D eigenvalue weighted by molar-refractivity contribution is -0.133. The Morgan fingerprint density at radius 3 is 2.56 bits per heavy atom. The van der Waals surface area contributed by atoms with Crippen molar-refractivity contribution >= 4 is 5.91 Å². The smallest absolute Gasteiger partial charge is 0.222 e. The maximum atomic E-state index is 11.7. The topological polar surface area (TPSA) is 43.8 Å². The van der Waals surface area contributed by atoms with Crippen molar-refractivity contribution in [1.82, 2.24) is 9.80 Å². The molecule has 0 saturated carbocycles. The first-order valence-corrected chi connectivity index (χ1v) is 5.75. The number of amides is 1. The lowest BCUT2D eigenvalue weighted by Gasteiger charge is -2.33. The number of rotatable bonds is 4. The molecule has 1 fully saturated rings. The van der Waals surface area contributed by atoms with Crippen molar-refractivity contribution in [3.8, 4) is 12.3 Å². The number of terminal acetylenes is 1. The highest BCUT2D eigenvalue weighted by Crippen LogP contribution is 2.06. The van der Waals surface area contributed by atoms with Crippen LogP contribution in [-0.4, -0.2) is 59.6 Å². The van der Waals surface area contributed by atoms with E-state index in [0.29, 0.717) is 19.4 Å². The Balaban J connectivity index is 2.25. The summed E-state index contributed by atoms with van der Waals surface area (Å²) < 4.78 is 0. The summed E-state index contributed by atoms with van der Waals surface area (Å²) in [7, 11) is 0. The Bertz CT molecular complexity index is 263. The summed E-state index contributed by atoms with van der Waals surface area (Å²) in [6.45, 7) is 5.57. The van der Waals surface area contributed by atoms with Gasteiger partial charge in [0.15, 0.2) is 0 Å². The third kappa shape index (κ3) is 4.21. The van der Waals surface area contributed by atoms with Crippen LogP contribution in [-0.2, 0) is 4.79 Å². The van der Waals surface area contributed by atoms with Crippen LogP contribution in [0.4, 0.5) is 0 Å². The zero-order chi connectivity index (χ0) is 12.0. The molecule has 0 aromatic rings. The van der Waals surface area contributed by atoms with Crippen molar-refractivity contribution in [3.63, 3.8) is 0 Å². The Morgan fingerprint density at radius 1 is 1.44 bits per heavy atom. The normalized spacial score (nSPS) is 19.2. The van der Waals surface area contributed by atoms with E-state index < -0.39 is 6.10 Å². The second kappa shape index (κ2) is 6.51. The van der Waals surface area contributed by atoms with Gasteiger partial charge in [-0.1, -0.05) is 5.92 Å². The van der Waals surface area contributed by atoms with Crippen molar-refractivity contribution in [1.29, 1.82) is 0 Å². The summed E-state index contributed by atoms with van der Waals surface area (Å²) in [5.41, 5.74) is 0. The Hall–Kier alpha value is -1.05. The first-order valence-electron chi connectivity index (χ1n) is 5.75. The van der Waals surface area contributed by atoms with Gasteiger partial charge >= 0.3 is 0 Å². The number of carbonyl (C=O) groups excluding carboxylic acids is 1. The van der Waals surface area contributed by atoms with E-state index in [1.54, 1.807) is 6.92 Å². The monoisotopic (exact) mass is 224 g/mol. The van der Waals surface area contributed by atoms with E-state index >= 15 is 0 Å². The molecule has 1 amide bonds. The second-order valence-electron chi connectivity index (χ2n) is 4.25. The fourth-order valence-electron chi connectivity index (χ4n) is 1.77. The summed E-state index contributed by atoms with van der Waals surface area (Å²) >= 11 is 0. The van der Waals surface area contributed by atoms with Crippen LogP contribution in [0.15, 0.2) is 0 Å². The Labute approximate surface area is 97.2 Å². The third-order valence-electron chi connectivity index (χ3n) is 2.82. The minimum Gasteiger partial charge on any atom is -0.393 e. The number of hydrogen-bond donors (Lipinski definition) is 1. The van der Waals surface area contributed by atoms with E-state index in [1.807, 2.05) is 4.90 Å². The van der Waals surface area contributed by atoms with Gasteiger partial charge in [0.25, 0.3) is 0 Å². The van der Waals surface area contributed by atoms with Crippen molar-refractivity contribution in [2.45, 2.75) is 25.9 Å². The van der Waals surface area contributed by atoms with Crippen molar-refractivity contribution in [2.75, 3.05) is 32.7 Å². The van der Waals surface area contributed by atoms with Crippen molar-refractivity contribution < 1.29 is 9.90 Å². The predicted molar refractivity (Wildman–Crippen MR) is 62.8 cm³/mol. The molecule has 0 aromatic carbocycles. The van der Waals surface area contributed by atoms with Crippen LogP contribution in [0.1, 0.15) is 19.8 Å². The van der Waals surface area contributed by atoms with Crippen molar-refractivity contribution in [2.24, 2.45) is 0 Å². The molecule has 1 saturated heterocycles. The molecular weight excluding hydrogens is 204 g/mol. The lowest BCUT2D eigenvalue weighted by atomic mass is 10.2. The van der Waals surface area contributed by atoms with Crippen LogP contribution in [0.25, 0.3) is 0 Å². The molecule has 1 aliphatic heterocycles. The van der Waals surface area contributed by atoms with E-state index in [-0.39, 0.29) is 5.91 Å². The first-order chi connectivity index (χ1) is 7.63. The highest BCUT2D eigenvalue weighted by molar-refractivity contribution is 5.76. The molecule has 90 valence electrons. The number of aliphatic hydroxyl groups is 1. The van der Waals surface area contributed by atoms with Gasteiger partial charge in [-0.25, -0.2) is 0 Å². The Kier molecular flexibility index (Phi) is 5.30. The van der Waals surface area contributed by atoms with Gasteiger partial charge in [-0.2, -0.15) is 0 Å². The summed E-state index contributed by atoms with van der Waals surface area (Å²) in [6, 6.07) is 0. The number of nitrogens with zero attached hydrogens (tertiary/aromatic N) is 2. The zero-order valence-corrected chi connectivity index (χ0v) is 9.85. The standard InChI is InChI=1S/C12H20N2O2/c1-3-6-13-7-9-14(10-8-13)12(16)5-4-11(2)15/h1,11,15H,4-10H2,2H3. The fraction of sp³-hybridized carbons (Fsp3) is 0.750. The minimum absolute atomic E-state index is 0.140. The molecule has 1 unspecified atom stereocenters. The lowest BCUT2D eigenvalue weighted by Crippen LogP contribution is -2.48. The second-order valence-corrected chi connectivity index (χ2v) is 4.25. The average Bonchev–Trinajstić information content (AvgIpc) is 2.27. The molecule has 1 N–H and O–H groups in total. The third-order valence-corrected chi connectivity index (χ3v) is 2.82. The minimum atomic E-state index is -0.397. The van der Waals surface area contributed by atoms with Gasteiger partial charge in [-0.15, -0.1) is 6.42 Å². The molecule has 16 heavy (non-hydrogen) atoms. The quantitative estimate of drug-likeness (QED) is 0.680. The van der Waals surface area contributed by atoms with Crippen LogP contribution < -0.4 is 0 Å². The van der Waals surface area contributed by atoms with Gasteiger partial charge in [0, 0.05) is 32.6 Å². The highest BCUT2D eigenvalue weighted by atomic mass is 16.3. The largest absolute Gasteiger partial charge is 0.393 e. The fourth-order valence-corrected chi connectivity index (χ4v) is 1.77. The molecule has 0 radical (unpaired) electrons. The highest BCUT2D eigenvalue weighted by Gasteiger charge is 2.20. The maximum Gasteiger partial charge on any atom is 0.222 e. The van der Waals surface area contributed by atoms with Gasteiger partial charge in [-0.05, 0) is 13.3 Å². The van der Waals surface area contributed by atoms with Gasteiger partial charge in [-0.3, -0.25) is 9.69 Å². The van der Waals surface area contributed by atoms with Gasteiger partial charge in [0.1, 0.15) is 0 Å². The number of carbonyl (C=O) groups is 1. The van der Waals surface area contributed by atoms with Crippen molar-refractivity contribution in [3.05, 3.63) is 0 Å². The van der Waals surface area contributed by atoms with Crippen LogP contribution in [0, 0.1) is 12.3 Å². The molecule has 1 rings (SSSR count). The molecular formula is C12H20N2O2. The number of piperazine rings is 1. The summed E-state index contributed by atoms with van der Waals surface area (Å²) in [5, 5.41) is 9.11. The van der Waals surface area contributed by atoms with E-state index in [4.69, 9.17) is 11.5 Å². The molecule has 0 aliphatic carbocycles. The number of hydrogen-bond acceptors (Lipinski definition) is 3. The first kappa shape index (κ1) is 13.0. The summed E-state index contributed by atoms with van der Waals surface area (Å²) in [5.74, 6) is 2.75. The maximum absolute atomic E-state index is 11.7. The van der Waals surface area contributed by atoms with E-state index in [0.717, 1.165) is 26.2 Å². The molecule has 0 bridgehead atoms. The molecule has 4 heteroatoms. The van der Waals surface area contributed by atoms with Gasteiger partial charge in [0.2, 0.25) is 5.91 Å².